The quantitative estimate of drug-likeness (QED) is 0.859. The number of aryl methyl sites for hydroxylation is 1. The number of sulfonamides is 1. The van der Waals surface area contributed by atoms with Gasteiger partial charge in [-0.05, 0) is 36.9 Å². The zero-order chi connectivity index (χ0) is 13.7. The van der Waals surface area contributed by atoms with Gasteiger partial charge in [-0.1, -0.05) is 31.2 Å². The summed E-state index contributed by atoms with van der Waals surface area (Å²) in [6.07, 6.45) is 2.67. The molecule has 1 atom stereocenters. The number of hydrogen-bond acceptors (Lipinski definition) is 3. The summed E-state index contributed by atoms with van der Waals surface area (Å²) in [7, 11) is -3.21. The Bertz CT molecular complexity index is 491. The molecule has 2 rings (SSSR count). The average molecular weight is 282 g/mol. The lowest BCUT2D eigenvalue weighted by Crippen LogP contribution is -2.44. The van der Waals surface area contributed by atoms with Gasteiger partial charge in [0.15, 0.2) is 0 Å². The molecule has 1 unspecified atom stereocenters. The van der Waals surface area contributed by atoms with Crippen molar-refractivity contribution in [3.63, 3.8) is 0 Å². The van der Waals surface area contributed by atoms with Gasteiger partial charge in [-0.25, -0.2) is 13.1 Å². The predicted octanol–water partition coefficient (Wildman–Crippen LogP) is 1.42. The molecule has 1 aromatic carbocycles. The zero-order valence-electron chi connectivity index (χ0n) is 11.4. The molecular weight excluding hydrogens is 260 g/mol. The van der Waals surface area contributed by atoms with Crippen LogP contribution in [0, 0.1) is 0 Å². The summed E-state index contributed by atoms with van der Waals surface area (Å²) in [5, 5.41) is 2.84. The van der Waals surface area contributed by atoms with Gasteiger partial charge in [0.2, 0.25) is 10.0 Å². The summed E-state index contributed by atoms with van der Waals surface area (Å²) in [5.41, 5.74) is 2.27. The molecule has 1 aliphatic rings. The molecule has 19 heavy (non-hydrogen) atoms. The molecule has 1 aromatic rings. The highest BCUT2D eigenvalue weighted by atomic mass is 32.2. The van der Waals surface area contributed by atoms with Crippen molar-refractivity contribution in [3.05, 3.63) is 35.4 Å². The zero-order valence-corrected chi connectivity index (χ0v) is 12.2. The van der Waals surface area contributed by atoms with Crippen molar-refractivity contribution in [2.75, 3.05) is 13.1 Å². The highest BCUT2D eigenvalue weighted by molar-refractivity contribution is 7.90. The lowest BCUT2D eigenvalue weighted by atomic mass is 10.1. The molecule has 5 heteroatoms. The minimum atomic E-state index is -3.21. The van der Waals surface area contributed by atoms with E-state index in [0.717, 1.165) is 31.4 Å². The van der Waals surface area contributed by atoms with Crippen molar-refractivity contribution in [3.8, 4) is 0 Å². The van der Waals surface area contributed by atoms with Crippen LogP contribution in [0.3, 0.4) is 0 Å². The highest BCUT2D eigenvalue weighted by Crippen LogP contribution is 2.11. The van der Waals surface area contributed by atoms with Gasteiger partial charge in [0.05, 0.1) is 5.25 Å². The Kier molecular flexibility index (Phi) is 4.96. The van der Waals surface area contributed by atoms with Crippen LogP contribution in [0.15, 0.2) is 24.3 Å². The Morgan fingerprint density at radius 3 is 2.53 bits per heavy atom. The Balaban J connectivity index is 1.92. The first-order valence-corrected chi connectivity index (χ1v) is 8.43. The Labute approximate surface area is 115 Å². The lowest BCUT2D eigenvalue weighted by molar-refractivity contribution is 0.490. The number of hydrogen-bond donors (Lipinski definition) is 2. The third-order valence-electron chi connectivity index (χ3n) is 3.60. The van der Waals surface area contributed by atoms with E-state index in [2.05, 4.69) is 17.0 Å². The van der Waals surface area contributed by atoms with Crippen molar-refractivity contribution in [2.24, 2.45) is 0 Å². The van der Waals surface area contributed by atoms with E-state index in [9.17, 15) is 8.42 Å². The summed E-state index contributed by atoms with van der Waals surface area (Å²) >= 11 is 0. The van der Waals surface area contributed by atoms with Gasteiger partial charge >= 0.3 is 0 Å². The second-order valence-corrected chi connectivity index (χ2v) is 7.05. The van der Waals surface area contributed by atoms with Crippen LogP contribution in [-0.2, 0) is 23.0 Å². The van der Waals surface area contributed by atoms with Crippen molar-refractivity contribution < 1.29 is 8.42 Å². The maximum absolute atomic E-state index is 12.1. The van der Waals surface area contributed by atoms with Gasteiger partial charge in [-0.15, -0.1) is 0 Å². The molecule has 1 fully saturated rings. The molecule has 0 aromatic heterocycles. The molecule has 106 valence electrons. The van der Waals surface area contributed by atoms with Crippen LogP contribution in [0.2, 0.25) is 0 Å². The van der Waals surface area contributed by atoms with Crippen LogP contribution in [0.1, 0.15) is 30.9 Å². The van der Waals surface area contributed by atoms with E-state index in [4.69, 9.17) is 0 Å². The van der Waals surface area contributed by atoms with E-state index in [1.54, 1.807) is 0 Å². The van der Waals surface area contributed by atoms with Gasteiger partial charge < -0.3 is 5.32 Å². The maximum atomic E-state index is 12.1. The van der Waals surface area contributed by atoms with Crippen molar-refractivity contribution in [1.82, 2.24) is 10.0 Å². The third kappa shape index (κ3) is 4.03. The average Bonchev–Trinajstić information content (AvgIpc) is 2.47. The van der Waals surface area contributed by atoms with Gasteiger partial charge in [0.1, 0.15) is 0 Å². The molecule has 0 bridgehead atoms. The van der Waals surface area contributed by atoms with Crippen molar-refractivity contribution >= 4 is 10.0 Å². The van der Waals surface area contributed by atoms with Crippen LogP contribution in [0.5, 0.6) is 0 Å². The minimum absolute atomic E-state index is 0.295. The van der Waals surface area contributed by atoms with Gasteiger partial charge in [-0.3, -0.25) is 0 Å². The first-order valence-electron chi connectivity index (χ1n) is 6.89. The minimum Gasteiger partial charge on any atom is -0.315 e. The second kappa shape index (κ2) is 6.50. The van der Waals surface area contributed by atoms with Gasteiger partial charge in [-0.2, -0.15) is 0 Å². The number of rotatable bonds is 5. The summed E-state index contributed by atoms with van der Waals surface area (Å²) in [4.78, 5) is 0. The van der Waals surface area contributed by atoms with E-state index >= 15 is 0 Å². The van der Waals surface area contributed by atoms with E-state index in [1.165, 1.54) is 5.56 Å². The Morgan fingerprint density at radius 2 is 1.95 bits per heavy atom. The van der Waals surface area contributed by atoms with Gasteiger partial charge in [0.25, 0.3) is 0 Å². The van der Waals surface area contributed by atoms with Crippen LogP contribution >= 0.6 is 0 Å². The molecule has 0 amide bonds. The van der Waals surface area contributed by atoms with Crippen LogP contribution in [-0.4, -0.2) is 26.8 Å². The standard InChI is InChI=1S/C14H22N2O2S/c1-2-12-5-7-13(8-6-12)10-16-19(17,18)14-4-3-9-15-11-14/h5-8,14-16H,2-4,9-11H2,1H3. The first-order chi connectivity index (χ1) is 9.12. The monoisotopic (exact) mass is 282 g/mol. The fraction of sp³-hybridized carbons (Fsp3) is 0.571. The second-order valence-electron chi connectivity index (χ2n) is 5.00. The molecule has 0 radical (unpaired) electrons. The SMILES string of the molecule is CCc1ccc(CNS(=O)(=O)C2CCCNC2)cc1. The smallest absolute Gasteiger partial charge is 0.216 e. The molecule has 0 spiro atoms. The fourth-order valence-corrected chi connectivity index (χ4v) is 3.70. The van der Waals surface area contributed by atoms with Crippen molar-refractivity contribution in [2.45, 2.75) is 38.0 Å². The normalized spacial score (nSPS) is 20.4. The molecule has 4 nitrogen and oxygen atoms in total. The molecule has 1 heterocycles. The van der Waals surface area contributed by atoms with Crippen LogP contribution in [0.25, 0.3) is 0 Å². The maximum Gasteiger partial charge on any atom is 0.216 e. The Morgan fingerprint density at radius 1 is 1.26 bits per heavy atom. The Hall–Kier alpha value is -0.910. The molecular formula is C14H22N2O2S. The van der Waals surface area contributed by atoms with E-state index in [1.807, 2.05) is 24.3 Å². The third-order valence-corrected chi connectivity index (χ3v) is 5.43. The van der Waals surface area contributed by atoms with E-state index < -0.39 is 10.0 Å². The van der Waals surface area contributed by atoms with E-state index in [-0.39, 0.29) is 5.25 Å². The van der Waals surface area contributed by atoms with E-state index in [0.29, 0.717) is 13.1 Å². The number of piperidine rings is 1. The van der Waals surface area contributed by atoms with Crippen molar-refractivity contribution in [1.29, 1.82) is 0 Å². The summed E-state index contributed by atoms with van der Waals surface area (Å²) in [6, 6.07) is 8.07. The fourth-order valence-electron chi connectivity index (χ4n) is 2.28. The first kappa shape index (κ1) is 14.5. The van der Waals surface area contributed by atoms with Crippen LogP contribution < -0.4 is 10.0 Å². The molecule has 1 saturated heterocycles. The molecule has 0 saturated carbocycles. The summed E-state index contributed by atoms with van der Waals surface area (Å²) < 4.78 is 27.0. The number of benzene rings is 1. The summed E-state index contributed by atoms with van der Waals surface area (Å²) in [5.74, 6) is 0. The van der Waals surface area contributed by atoms with Crippen LogP contribution in [0.4, 0.5) is 0 Å². The topological polar surface area (TPSA) is 58.2 Å². The predicted molar refractivity (Wildman–Crippen MR) is 77.5 cm³/mol. The number of nitrogens with one attached hydrogen (secondary N) is 2. The molecule has 2 N–H and O–H groups in total. The largest absolute Gasteiger partial charge is 0.315 e. The highest BCUT2D eigenvalue weighted by Gasteiger charge is 2.26. The molecule has 0 aliphatic carbocycles. The summed E-state index contributed by atoms with van der Waals surface area (Å²) in [6.45, 7) is 3.96. The lowest BCUT2D eigenvalue weighted by Gasteiger charge is -2.23. The van der Waals surface area contributed by atoms with Gasteiger partial charge in [0, 0.05) is 13.1 Å². The molecule has 1 aliphatic heterocycles.